The second-order valence-corrected chi connectivity index (χ2v) is 14.4. The van der Waals surface area contributed by atoms with E-state index in [0.29, 0.717) is 6.42 Å². The molecule has 0 fully saturated rings. The van der Waals surface area contributed by atoms with Crippen LogP contribution in [-0.2, 0) is 14.3 Å². The Morgan fingerprint density at radius 3 is 0.911 bits per heavy atom. The van der Waals surface area contributed by atoms with Gasteiger partial charge in [0.1, 0.15) is 0 Å². The summed E-state index contributed by atoms with van der Waals surface area (Å²) in [5, 5.41) is 0. The zero-order valence-electron chi connectivity index (χ0n) is 31.3. The molecule has 0 saturated heterocycles. The van der Waals surface area contributed by atoms with Crippen molar-refractivity contribution in [3.8, 4) is 0 Å². The molecular formula is C42H82O3. The number of carbonyl (C=O) groups is 2. The van der Waals surface area contributed by atoms with Crippen LogP contribution in [0.5, 0.6) is 0 Å². The van der Waals surface area contributed by atoms with Gasteiger partial charge in [0, 0.05) is 6.42 Å². The first-order valence-corrected chi connectivity index (χ1v) is 20.9. The summed E-state index contributed by atoms with van der Waals surface area (Å²) in [7, 11) is 0. The molecule has 0 saturated carbocycles. The molecule has 0 spiro atoms. The summed E-state index contributed by atoms with van der Waals surface area (Å²) in [5.74, 6) is -0.751. The quantitative estimate of drug-likeness (QED) is 0.0388. The van der Waals surface area contributed by atoms with Gasteiger partial charge in [-0.25, -0.2) is 0 Å². The van der Waals surface area contributed by atoms with Gasteiger partial charge in [-0.2, -0.15) is 0 Å². The number of rotatable bonds is 37. The maximum Gasteiger partial charge on any atom is 0.316 e. The molecule has 45 heavy (non-hydrogen) atoms. The van der Waals surface area contributed by atoms with Crippen LogP contribution in [0.25, 0.3) is 0 Å². The summed E-state index contributed by atoms with van der Waals surface area (Å²) >= 11 is 0. The van der Waals surface area contributed by atoms with Crippen molar-refractivity contribution in [3.05, 3.63) is 0 Å². The lowest BCUT2D eigenvalue weighted by molar-refractivity contribution is -0.163. The number of carbonyl (C=O) groups excluding carboxylic acids is 2. The summed E-state index contributed by atoms with van der Waals surface area (Å²) in [5.41, 5.74) is 0. The third-order valence-corrected chi connectivity index (χ3v) is 9.93. The van der Waals surface area contributed by atoms with E-state index in [9.17, 15) is 9.59 Å². The van der Waals surface area contributed by atoms with Gasteiger partial charge in [-0.15, -0.1) is 0 Å². The minimum Gasteiger partial charge on any atom is -0.393 e. The lowest BCUT2D eigenvalue weighted by atomic mass is 10.00. The highest BCUT2D eigenvalue weighted by molar-refractivity contribution is 5.86. The summed E-state index contributed by atoms with van der Waals surface area (Å²) in [6, 6.07) is 0. The molecule has 0 aliphatic rings. The van der Waals surface area contributed by atoms with Gasteiger partial charge in [0.25, 0.3) is 0 Å². The summed E-state index contributed by atoms with van der Waals surface area (Å²) in [4.78, 5) is 24.1. The molecule has 0 aromatic heterocycles. The van der Waals surface area contributed by atoms with Crippen LogP contribution in [0.3, 0.4) is 0 Å². The molecule has 3 nitrogen and oxygen atoms in total. The van der Waals surface area contributed by atoms with Gasteiger partial charge in [-0.1, -0.05) is 226 Å². The van der Waals surface area contributed by atoms with Crippen molar-refractivity contribution in [1.82, 2.24) is 0 Å². The van der Waals surface area contributed by atoms with Gasteiger partial charge in [0.2, 0.25) is 0 Å². The fraction of sp³-hybridized carbons (Fsp3) is 0.952. The molecule has 0 bridgehead atoms. The first kappa shape index (κ1) is 44.1. The number of hydrogen-bond acceptors (Lipinski definition) is 3. The standard InChI is InChI=1S/C42H82O3/c1-4-7-9-10-11-12-13-14-15-16-17-18-19-20-21-22-23-24-25-26-27-28-29-30-31-32-33-34-35-36-37-39-41(43)45-42(44)40(6-3)38-8-5-2/h40H,4-39H2,1-3H3. The van der Waals surface area contributed by atoms with Crippen LogP contribution in [0, 0.1) is 5.92 Å². The Balaban J connectivity index is 3.21. The first-order valence-electron chi connectivity index (χ1n) is 20.9. The van der Waals surface area contributed by atoms with Crippen LogP contribution in [0.2, 0.25) is 0 Å². The van der Waals surface area contributed by atoms with Crippen molar-refractivity contribution in [2.24, 2.45) is 5.92 Å². The van der Waals surface area contributed by atoms with Crippen molar-refractivity contribution < 1.29 is 14.3 Å². The molecule has 1 unspecified atom stereocenters. The van der Waals surface area contributed by atoms with Crippen molar-refractivity contribution in [2.45, 2.75) is 252 Å². The molecule has 0 aliphatic heterocycles. The molecule has 268 valence electrons. The first-order chi connectivity index (χ1) is 22.2. The molecule has 0 rings (SSSR count). The lowest BCUT2D eigenvalue weighted by Crippen LogP contribution is -2.20. The Hall–Kier alpha value is -0.860. The monoisotopic (exact) mass is 635 g/mol. The third kappa shape index (κ3) is 34.3. The molecule has 0 radical (unpaired) electrons. The van der Waals surface area contributed by atoms with E-state index in [2.05, 4.69) is 13.8 Å². The Morgan fingerprint density at radius 1 is 0.378 bits per heavy atom. The highest BCUT2D eigenvalue weighted by Gasteiger charge is 2.20. The average Bonchev–Trinajstić information content (AvgIpc) is 3.04. The van der Waals surface area contributed by atoms with Gasteiger partial charge < -0.3 is 4.74 Å². The second kappa shape index (κ2) is 37.6. The number of hydrogen-bond donors (Lipinski definition) is 0. The van der Waals surface area contributed by atoms with Crippen molar-refractivity contribution in [2.75, 3.05) is 0 Å². The SMILES string of the molecule is CCCCCCCCCCCCCCCCCCCCCCCCCCCCCCCCCC(=O)OC(=O)C(CC)CCCC. The molecule has 0 amide bonds. The Labute approximate surface area is 283 Å². The van der Waals surface area contributed by atoms with Gasteiger partial charge in [-0.05, 0) is 19.3 Å². The van der Waals surface area contributed by atoms with E-state index in [0.717, 1.165) is 38.5 Å². The van der Waals surface area contributed by atoms with Crippen molar-refractivity contribution in [1.29, 1.82) is 0 Å². The maximum absolute atomic E-state index is 12.1. The number of unbranched alkanes of at least 4 members (excludes halogenated alkanes) is 31. The van der Waals surface area contributed by atoms with Gasteiger partial charge in [0.05, 0.1) is 5.92 Å². The fourth-order valence-electron chi connectivity index (χ4n) is 6.65. The zero-order valence-corrected chi connectivity index (χ0v) is 31.3. The van der Waals surface area contributed by atoms with Gasteiger partial charge in [-0.3, -0.25) is 9.59 Å². The highest BCUT2D eigenvalue weighted by Crippen LogP contribution is 2.18. The molecule has 0 N–H and O–H groups in total. The number of esters is 2. The minimum atomic E-state index is -0.328. The van der Waals surface area contributed by atoms with E-state index < -0.39 is 0 Å². The van der Waals surface area contributed by atoms with E-state index in [1.807, 2.05) is 6.92 Å². The Kier molecular flexibility index (Phi) is 36.9. The number of ether oxygens (including phenoxy) is 1. The maximum atomic E-state index is 12.1. The smallest absolute Gasteiger partial charge is 0.316 e. The largest absolute Gasteiger partial charge is 0.393 e. The normalized spacial score (nSPS) is 12.1. The predicted octanol–water partition coefficient (Wildman–Crippen LogP) is 14.8. The van der Waals surface area contributed by atoms with Crippen LogP contribution in [0.15, 0.2) is 0 Å². The topological polar surface area (TPSA) is 43.4 Å². The Bertz CT molecular complexity index is 601. The van der Waals surface area contributed by atoms with Crippen LogP contribution in [0.4, 0.5) is 0 Å². The van der Waals surface area contributed by atoms with E-state index >= 15 is 0 Å². The molecule has 0 heterocycles. The molecule has 3 heteroatoms. The second-order valence-electron chi connectivity index (χ2n) is 14.4. The van der Waals surface area contributed by atoms with Crippen LogP contribution in [0.1, 0.15) is 252 Å². The molecule has 1 atom stereocenters. The summed E-state index contributed by atoms with van der Waals surface area (Å²) < 4.78 is 5.09. The molecular weight excluding hydrogens is 552 g/mol. The van der Waals surface area contributed by atoms with E-state index in [-0.39, 0.29) is 17.9 Å². The van der Waals surface area contributed by atoms with Crippen LogP contribution in [-0.4, -0.2) is 11.9 Å². The van der Waals surface area contributed by atoms with E-state index in [4.69, 9.17) is 4.74 Å². The lowest BCUT2D eigenvalue weighted by Gasteiger charge is -2.12. The average molecular weight is 635 g/mol. The minimum absolute atomic E-state index is 0.114. The zero-order chi connectivity index (χ0) is 32.9. The third-order valence-electron chi connectivity index (χ3n) is 9.93. The fourth-order valence-corrected chi connectivity index (χ4v) is 6.65. The van der Waals surface area contributed by atoms with Crippen LogP contribution >= 0.6 is 0 Å². The van der Waals surface area contributed by atoms with Crippen LogP contribution < -0.4 is 0 Å². The Morgan fingerprint density at radius 2 is 0.644 bits per heavy atom. The van der Waals surface area contributed by atoms with Crippen molar-refractivity contribution in [3.63, 3.8) is 0 Å². The summed E-state index contributed by atoms with van der Waals surface area (Å²) in [6.45, 7) is 6.42. The van der Waals surface area contributed by atoms with Crippen molar-refractivity contribution >= 4 is 11.9 Å². The molecule has 0 aliphatic carbocycles. The van der Waals surface area contributed by atoms with E-state index in [1.54, 1.807) is 0 Å². The summed E-state index contributed by atoms with van der Waals surface area (Å²) in [6.07, 6.45) is 47.3. The molecule has 0 aromatic rings. The highest BCUT2D eigenvalue weighted by atomic mass is 16.6. The predicted molar refractivity (Wildman–Crippen MR) is 198 cm³/mol. The molecule has 0 aromatic carbocycles. The van der Waals surface area contributed by atoms with Gasteiger partial charge in [0.15, 0.2) is 0 Å². The van der Waals surface area contributed by atoms with Gasteiger partial charge >= 0.3 is 11.9 Å². The van der Waals surface area contributed by atoms with E-state index in [1.165, 1.54) is 186 Å².